The fraction of sp³-hybridized carbons (Fsp3) is 0.643. The van der Waals surface area contributed by atoms with Gasteiger partial charge in [0.05, 0.1) is 5.69 Å². The van der Waals surface area contributed by atoms with Crippen molar-refractivity contribution in [2.45, 2.75) is 38.8 Å². The molecular formula is C14H23N3. The van der Waals surface area contributed by atoms with Crippen LogP contribution < -0.4 is 5.32 Å². The first-order valence-electron chi connectivity index (χ1n) is 6.66. The van der Waals surface area contributed by atoms with Gasteiger partial charge >= 0.3 is 0 Å². The summed E-state index contributed by atoms with van der Waals surface area (Å²) in [5.74, 6) is 0. The Hall–Kier alpha value is -0.930. The quantitative estimate of drug-likeness (QED) is 0.860. The molecule has 0 aromatic carbocycles. The van der Waals surface area contributed by atoms with Gasteiger partial charge in [0.15, 0.2) is 0 Å². The molecule has 1 aromatic rings. The third-order valence-corrected chi connectivity index (χ3v) is 3.65. The molecule has 2 heterocycles. The van der Waals surface area contributed by atoms with Crippen LogP contribution in [0.2, 0.25) is 0 Å². The normalized spacial score (nSPS) is 21.6. The molecule has 0 amide bonds. The molecule has 0 saturated carbocycles. The van der Waals surface area contributed by atoms with E-state index in [-0.39, 0.29) is 0 Å². The van der Waals surface area contributed by atoms with E-state index < -0.39 is 0 Å². The van der Waals surface area contributed by atoms with Crippen LogP contribution in [-0.2, 0) is 13.0 Å². The van der Waals surface area contributed by atoms with Crippen molar-refractivity contribution < 1.29 is 0 Å². The highest BCUT2D eigenvalue weighted by Gasteiger charge is 2.19. The van der Waals surface area contributed by atoms with Gasteiger partial charge in [0.25, 0.3) is 0 Å². The second kappa shape index (κ2) is 6.12. The smallest absolute Gasteiger partial charge is 0.0575 e. The molecule has 3 heteroatoms. The van der Waals surface area contributed by atoms with E-state index in [1.807, 2.05) is 12.3 Å². The lowest BCUT2D eigenvalue weighted by Gasteiger charge is -2.32. The molecule has 1 saturated heterocycles. The molecule has 0 bridgehead atoms. The molecule has 1 aromatic heterocycles. The first-order valence-corrected chi connectivity index (χ1v) is 6.66. The Morgan fingerprint density at radius 3 is 3.18 bits per heavy atom. The van der Waals surface area contributed by atoms with Gasteiger partial charge in [-0.25, -0.2) is 0 Å². The van der Waals surface area contributed by atoms with Gasteiger partial charge in [0.2, 0.25) is 0 Å². The van der Waals surface area contributed by atoms with E-state index in [1.54, 1.807) is 0 Å². The van der Waals surface area contributed by atoms with Crippen molar-refractivity contribution >= 4 is 0 Å². The summed E-state index contributed by atoms with van der Waals surface area (Å²) in [6.45, 7) is 5.56. The molecule has 1 aliphatic rings. The van der Waals surface area contributed by atoms with Gasteiger partial charge < -0.3 is 5.32 Å². The molecular weight excluding hydrogens is 210 g/mol. The van der Waals surface area contributed by atoms with Crippen molar-refractivity contribution in [2.75, 3.05) is 20.1 Å². The molecule has 94 valence electrons. The largest absolute Gasteiger partial charge is 0.316 e. The number of likely N-dealkylation sites (tertiary alicyclic amines) is 1. The molecule has 3 nitrogen and oxygen atoms in total. The van der Waals surface area contributed by atoms with Crippen LogP contribution in [0.15, 0.2) is 18.3 Å². The fourth-order valence-corrected chi connectivity index (χ4v) is 2.58. The molecule has 1 unspecified atom stereocenters. The summed E-state index contributed by atoms with van der Waals surface area (Å²) >= 11 is 0. The maximum Gasteiger partial charge on any atom is 0.0575 e. The zero-order valence-corrected chi connectivity index (χ0v) is 10.9. The summed E-state index contributed by atoms with van der Waals surface area (Å²) in [5.41, 5.74) is 2.64. The monoisotopic (exact) mass is 233 g/mol. The minimum atomic E-state index is 0.650. The highest BCUT2D eigenvalue weighted by molar-refractivity contribution is 5.19. The van der Waals surface area contributed by atoms with Gasteiger partial charge in [-0.15, -0.1) is 0 Å². The van der Waals surface area contributed by atoms with Crippen molar-refractivity contribution in [3.8, 4) is 0 Å². The number of likely N-dealkylation sites (N-methyl/N-ethyl adjacent to an activating group) is 1. The van der Waals surface area contributed by atoms with Gasteiger partial charge in [-0.05, 0) is 44.5 Å². The molecule has 1 N–H and O–H groups in total. The van der Waals surface area contributed by atoms with Gasteiger partial charge in [-0.2, -0.15) is 0 Å². The van der Waals surface area contributed by atoms with Gasteiger partial charge in [-0.1, -0.05) is 13.0 Å². The molecule has 1 aliphatic heterocycles. The van der Waals surface area contributed by atoms with Crippen molar-refractivity contribution in [1.82, 2.24) is 15.2 Å². The van der Waals surface area contributed by atoms with Crippen molar-refractivity contribution in [2.24, 2.45) is 0 Å². The number of pyridine rings is 1. The minimum Gasteiger partial charge on any atom is -0.316 e. The Morgan fingerprint density at radius 2 is 2.41 bits per heavy atom. The maximum atomic E-state index is 4.53. The summed E-state index contributed by atoms with van der Waals surface area (Å²) in [7, 11) is 2.06. The topological polar surface area (TPSA) is 28.2 Å². The van der Waals surface area contributed by atoms with E-state index in [1.165, 1.54) is 30.6 Å². The van der Waals surface area contributed by atoms with E-state index in [0.29, 0.717) is 6.04 Å². The predicted octanol–water partition coefficient (Wildman–Crippen LogP) is 1.83. The van der Waals surface area contributed by atoms with Crippen LogP contribution in [0.5, 0.6) is 0 Å². The van der Waals surface area contributed by atoms with E-state index in [0.717, 1.165) is 19.5 Å². The number of piperidine rings is 1. The van der Waals surface area contributed by atoms with Crippen LogP contribution in [0, 0.1) is 0 Å². The molecule has 0 spiro atoms. The third-order valence-electron chi connectivity index (χ3n) is 3.65. The minimum absolute atomic E-state index is 0.650. The fourth-order valence-electron chi connectivity index (χ4n) is 2.58. The van der Waals surface area contributed by atoms with Crippen LogP contribution in [0.4, 0.5) is 0 Å². The number of rotatable bonds is 4. The van der Waals surface area contributed by atoms with E-state index in [4.69, 9.17) is 0 Å². The number of aromatic nitrogens is 1. The van der Waals surface area contributed by atoms with Crippen molar-refractivity contribution in [1.29, 1.82) is 0 Å². The number of nitrogens with zero attached hydrogens (tertiary/aromatic N) is 2. The van der Waals surface area contributed by atoms with Crippen LogP contribution >= 0.6 is 0 Å². The Bertz CT molecular complexity index is 351. The summed E-state index contributed by atoms with van der Waals surface area (Å²) in [4.78, 5) is 7.05. The maximum absolute atomic E-state index is 4.53. The average molecular weight is 233 g/mol. The van der Waals surface area contributed by atoms with E-state index >= 15 is 0 Å². The molecule has 2 rings (SSSR count). The van der Waals surface area contributed by atoms with Gasteiger partial charge in [0, 0.05) is 25.3 Å². The third kappa shape index (κ3) is 3.27. The summed E-state index contributed by atoms with van der Waals surface area (Å²) < 4.78 is 0. The average Bonchev–Trinajstić information content (AvgIpc) is 2.39. The van der Waals surface area contributed by atoms with Crippen molar-refractivity contribution in [3.05, 3.63) is 29.6 Å². The second-order valence-corrected chi connectivity index (χ2v) is 4.83. The van der Waals surface area contributed by atoms with E-state index in [2.05, 4.69) is 35.2 Å². The van der Waals surface area contributed by atoms with Crippen molar-refractivity contribution in [3.63, 3.8) is 0 Å². The molecule has 0 aliphatic carbocycles. The van der Waals surface area contributed by atoms with Crippen LogP contribution in [0.25, 0.3) is 0 Å². The predicted molar refractivity (Wildman–Crippen MR) is 71.0 cm³/mol. The highest BCUT2D eigenvalue weighted by Crippen LogP contribution is 2.15. The zero-order chi connectivity index (χ0) is 12.1. The lowest BCUT2D eigenvalue weighted by molar-refractivity contribution is 0.185. The summed E-state index contributed by atoms with van der Waals surface area (Å²) in [5, 5.41) is 3.39. The zero-order valence-electron chi connectivity index (χ0n) is 10.9. The summed E-state index contributed by atoms with van der Waals surface area (Å²) in [6, 6.07) is 4.88. The first kappa shape index (κ1) is 12.5. The van der Waals surface area contributed by atoms with E-state index in [9.17, 15) is 0 Å². The standard InChI is InChI=1S/C14H23N3/c1-3-12-6-4-8-16-14(12)11-17-9-5-7-13(10-17)15-2/h4,6,8,13,15H,3,5,7,9-11H2,1-2H3. The second-order valence-electron chi connectivity index (χ2n) is 4.83. The molecule has 17 heavy (non-hydrogen) atoms. The van der Waals surface area contributed by atoms with Gasteiger partial charge in [0.1, 0.15) is 0 Å². The van der Waals surface area contributed by atoms with Crippen LogP contribution in [-0.4, -0.2) is 36.1 Å². The lowest BCUT2D eigenvalue weighted by Crippen LogP contribution is -2.44. The molecule has 1 atom stereocenters. The van der Waals surface area contributed by atoms with Crippen LogP contribution in [0.3, 0.4) is 0 Å². The number of aryl methyl sites for hydroxylation is 1. The lowest BCUT2D eigenvalue weighted by atomic mass is 10.0. The molecule has 0 radical (unpaired) electrons. The van der Waals surface area contributed by atoms with Gasteiger partial charge in [-0.3, -0.25) is 9.88 Å². The Morgan fingerprint density at radius 1 is 1.53 bits per heavy atom. The SMILES string of the molecule is CCc1cccnc1CN1CCCC(NC)C1. The Balaban J connectivity index is 2.00. The number of hydrogen-bond acceptors (Lipinski definition) is 3. The molecule has 1 fully saturated rings. The highest BCUT2D eigenvalue weighted by atomic mass is 15.2. The Labute approximate surface area is 104 Å². The first-order chi connectivity index (χ1) is 8.33. The summed E-state index contributed by atoms with van der Waals surface area (Å²) in [6.07, 6.45) is 5.58. The number of hydrogen-bond donors (Lipinski definition) is 1. The Kier molecular flexibility index (Phi) is 4.51. The number of nitrogens with one attached hydrogen (secondary N) is 1. The van der Waals surface area contributed by atoms with Crippen LogP contribution in [0.1, 0.15) is 31.0 Å².